The Morgan fingerprint density at radius 1 is 1.56 bits per heavy atom. The average Bonchev–Trinajstić information content (AvgIpc) is 2.74. The van der Waals surface area contributed by atoms with Crippen LogP contribution in [0.25, 0.3) is 0 Å². The van der Waals surface area contributed by atoms with E-state index in [4.69, 9.17) is 9.84 Å². The van der Waals surface area contributed by atoms with Crippen LogP contribution in [-0.2, 0) is 6.61 Å². The number of aryl methyl sites for hydroxylation is 1. The second kappa shape index (κ2) is 5.49. The van der Waals surface area contributed by atoms with Gasteiger partial charge in [0.25, 0.3) is 0 Å². The Hall–Kier alpha value is -1.40. The van der Waals surface area contributed by atoms with Crippen molar-refractivity contribution >= 4 is 33.2 Å². The van der Waals surface area contributed by atoms with Gasteiger partial charge in [0.05, 0.1) is 20.7 Å². The zero-order chi connectivity index (χ0) is 13.1. The molecule has 0 fully saturated rings. The van der Waals surface area contributed by atoms with E-state index in [0.717, 1.165) is 15.2 Å². The molecule has 0 saturated heterocycles. The molecular formula is C12H10BrNO3S. The van der Waals surface area contributed by atoms with Gasteiger partial charge >= 0.3 is 5.97 Å². The lowest BCUT2D eigenvalue weighted by molar-refractivity contribution is 0.0696. The van der Waals surface area contributed by atoms with E-state index in [2.05, 4.69) is 20.9 Å². The van der Waals surface area contributed by atoms with Crippen LogP contribution in [0.1, 0.15) is 21.1 Å². The standard InChI is InChI=1S/C12H10BrNO3S/c1-7-14-9(6-18-7)5-17-11-4-8(12(15)16)2-3-10(11)13/h2-4,6H,5H2,1H3,(H,15,16). The van der Waals surface area contributed by atoms with Gasteiger partial charge in [0.15, 0.2) is 0 Å². The molecule has 1 heterocycles. The molecule has 4 nitrogen and oxygen atoms in total. The Kier molecular flexibility index (Phi) is 3.98. The Morgan fingerprint density at radius 3 is 2.94 bits per heavy atom. The molecule has 0 aliphatic rings. The molecule has 18 heavy (non-hydrogen) atoms. The van der Waals surface area contributed by atoms with Crippen LogP contribution in [0.2, 0.25) is 0 Å². The molecule has 0 atom stereocenters. The highest BCUT2D eigenvalue weighted by atomic mass is 79.9. The molecular weight excluding hydrogens is 318 g/mol. The lowest BCUT2D eigenvalue weighted by atomic mass is 10.2. The highest BCUT2D eigenvalue weighted by Gasteiger charge is 2.08. The smallest absolute Gasteiger partial charge is 0.335 e. The van der Waals surface area contributed by atoms with Gasteiger partial charge in [-0.2, -0.15) is 0 Å². The van der Waals surface area contributed by atoms with E-state index in [0.29, 0.717) is 12.4 Å². The number of carboxylic acid groups (broad SMARTS) is 1. The second-order valence-corrected chi connectivity index (χ2v) is 5.51. The van der Waals surface area contributed by atoms with Gasteiger partial charge in [-0.15, -0.1) is 11.3 Å². The average molecular weight is 328 g/mol. The summed E-state index contributed by atoms with van der Waals surface area (Å²) in [6, 6.07) is 4.67. The molecule has 0 saturated carbocycles. The van der Waals surface area contributed by atoms with E-state index < -0.39 is 5.97 Å². The first-order valence-corrected chi connectivity index (χ1v) is 6.80. The molecule has 2 rings (SSSR count). The SMILES string of the molecule is Cc1nc(COc2cc(C(=O)O)ccc2Br)cs1. The fourth-order valence-electron chi connectivity index (χ4n) is 1.37. The minimum atomic E-state index is -0.975. The van der Waals surface area contributed by atoms with Crippen molar-refractivity contribution in [1.82, 2.24) is 4.98 Å². The van der Waals surface area contributed by atoms with Gasteiger partial charge in [0, 0.05) is 5.38 Å². The summed E-state index contributed by atoms with van der Waals surface area (Å²) < 4.78 is 6.28. The van der Waals surface area contributed by atoms with Crippen molar-refractivity contribution in [3.63, 3.8) is 0 Å². The number of hydrogen-bond donors (Lipinski definition) is 1. The molecule has 0 unspecified atom stereocenters. The third-order valence-electron chi connectivity index (χ3n) is 2.22. The molecule has 0 aliphatic heterocycles. The van der Waals surface area contributed by atoms with Crippen LogP contribution in [0.4, 0.5) is 0 Å². The zero-order valence-corrected chi connectivity index (χ0v) is 11.9. The number of aromatic nitrogens is 1. The van der Waals surface area contributed by atoms with E-state index in [9.17, 15) is 4.79 Å². The Balaban J connectivity index is 2.13. The predicted octanol–water partition coefficient (Wildman–Crippen LogP) is 3.49. The summed E-state index contributed by atoms with van der Waals surface area (Å²) in [6.45, 7) is 2.25. The summed E-state index contributed by atoms with van der Waals surface area (Å²) >= 11 is 4.88. The highest BCUT2D eigenvalue weighted by Crippen LogP contribution is 2.27. The van der Waals surface area contributed by atoms with E-state index in [1.165, 1.54) is 12.1 Å². The zero-order valence-electron chi connectivity index (χ0n) is 9.51. The predicted molar refractivity (Wildman–Crippen MR) is 72.3 cm³/mol. The first kappa shape index (κ1) is 13.0. The molecule has 6 heteroatoms. The van der Waals surface area contributed by atoms with Gasteiger partial charge in [0.1, 0.15) is 12.4 Å². The van der Waals surface area contributed by atoms with E-state index >= 15 is 0 Å². The maximum Gasteiger partial charge on any atom is 0.335 e. The van der Waals surface area contributed by atoms with Gasteiger partial charge in [-0.3, -0.25) is 0 Å². The summed E-state index contributed by atoms with van der Waals surface area (Å²) in [5.41, 5.74) is 1.03. The number of thiazole rings is 1. The van der Waals surface area contributed by atoms with Crippen molar-refractivity contribution in [3.8, 4) is 5.75 Å². The number of nitrogens with zero attached hydrogens (tertiary/aromatic N) is 1. The van der Waals surface area contributed by atoms with Gasteiger partial charge in [0.2, 0.25) is 0 Å². The maximum absolute atomic E-state index is 10.9. The Bertz CT molecular complexity index is 582. The first-order valence-electron chi connectivity index (χ1n) is 5.13. The molecule has 0 radical (unpaired) electrons. The number of hydrogen-bond acceptors (Lipinski definition) is 4. The topological polar surface area (TPSA) is 59.4 Å². The molecule has 94 valence electrons. The highest BCUT2D eigenvalue weighted by molar-refractivity contribution is 9.10. The van der Waals surface area contributed by atoms with Crippen LogP contribution < -0.4 is 4.74 Å². The van der Waals surface area contributed by atoms with Crippen molar-refractivity contribution in [2.75, 3.05) is 0 Å². The van der Waals surface area contributed by atoms with E-state index in [-0.39, 0.29) is 5.56 Å². The molecule has 0 spiro atoms. The maximum atomic E-state index is 10.9. The van der Waals surface area contributed by atoms with Gasteiger partial charge < -0.3 is 9.84 Å². The number of halogens is 1. The fraction of sp³-hybridized carbons (Fsp3) is 0.167. The van der Waals surface area contributed by atoms with Gasteiger partial charge in [-0.05, 0) is 41.1 Å². The van der Waals surface area contributed by atoms with Crippen LogP contribution >= 0.6 is 27.3 Å². The third-order valence-corrected chi connectivity index (χ3v) is 3.70. The quantitative estimate of drug-likeness (QED) is 0.933. The normalized spacial score (nSPS) is 10.3. The minimum absolute atomic E-state index is 0.197. The van der Waals surface area contributed by atoms with E-state index in [1.54, 1.807) is 17.4 Å². The lowest BCUT2D eigenvalue weighted by Gasteiger charge is -2.07. The molecule has 2 aromatic rings. The number of benzene rings is 1. The number of ether oxygens (including phenoxy) is 1. The van der Waals surface area contributed by atoms with Crippen molar-refractivity contribution in [2.24, 2.45) is 0 Å². The molecule has 0 aliphatic carbocycles. The van der Waals surface area contributed by atoms with Crippen LogP contribution in [0.3, 0.4) is 0 Å². The number of carboxylic acids is 1. The number of carbonyl (C=O) groups is 1. The van der Waals surface area contributed by atoms with Crippen molar-refractivity contribution in [1.29, 1.82) is 0 Å². The minimum Gasteiger partial charge on any atom is -0.486 e. The molecule has 0 bridgehead atoms. The Labute approximate surface area is 116 Å². The molecule has 1 aromatic carbocycles. The third kappa shape index (κ3) is 3.08. The summed E-state index contributed by atoms with van der Waals surface area (Å²) in [5, 5.41) is 11.8. The lowest BCUT2D eigenvalue weighted by Crippen LogP contribution is -2.00. The van der Waals surface area contributed by atoms with Crippen molar-refractivity contribution in [2.45, 2.75) is 13.5 Å². The first-order chi connectivity index (χ1) is 8.56. The van der Waals surface area contributed by atoms with Crippen LogP contribution in [0.5, 0.6) is 5.75 Å². The van der Waals surface area contributed by atoms with Crippen LogP contribution in [-0.4, -0.2) is 16.1 Å². The summed E-state index contributed by atoms with van der Waals surface area (Å²) in [4.78, 5) is 15.1. The van der Waals surface area contributed by atoms with Gasteiger partial charge in [-0.1, -0.05) is 0 Å². The van der Waals surface area contributed by atoms with Crippen molar-refractivity contribution < 1.29 is 14.6 Å². The molecule has 1 N–H and O–H groups in total. The van der Waals surface area contributed by atoms with E-state index in [1.807, 2.05) is 12.3 Å². The monoisotopic (exact) mass is 327 g/mol. The van der Waals surface area contributed by atoms with Crippen LogP contribution in [0, 0.1) is 6.92 Å². The van der Waals surface area contributed by atoms with Gasteiger partial charge in [-0.25, -0.2) is 9.78 Å². The number of aromatic carboxylic acids is 1. The summed E-state index contributed by atoms with van der Waals surface area (Å²) in [5.74, 6) is -0.475. The largest absolute Gasteiger partial charge is 0.486 e. The summed E-state index contributed by atoms with van der Waals surface area (Å²) in [6.07, 6.45) is 0. The Morgan fingerprint density at radius 2 is 2.33 bits per heavy atom. The molecule has 0 amide bonds. The van der Waals surface area contributed by atoms with Crippen LogP contribution in [0.15, 0.2) is 28.1 Å². The molecule has 1 aromatic heterocycles. The van der Waals surface area contributed by atoms with Crippen molar-refractivity contribution in [3.05, 3.63) is 44.3 Å². The fourth-order valence-corrected chi connectivity index (χ4v) is 2.33. The number of rotatable bonds is 4. The second-order valence-electron chi connectivity index (χ2n) is 3.60. The summed E-state index contributed by atoms with van der Waals surface area (Å²) in [7, 11) is 0.